The third-order valence-corrected chi connectivity index (χ3v) is 5.40. The number of hydrogen-bond donors (Lipinski definition) is 1. The number of ether oxygens (including phenoxy) is 1. The van der Waals surface area contributed by atoms with Crippen LogP contribution >= 0.6 is 0 Å². The standard InChI is InChI=1S/C22H31N5O3/c1-5-19-25-20(30-26-19)17-9-7-16(8-10-17)11-12-24-22(23-6-2)27-13-15(3)18(14-27)21(28)29-4/h7-10,15,18H,5-6,11-14H2,1-4H3,(H,23,24). The molecule has 30 heavy (non-hydrogen) atoms. The number of rotatable bonds is 7. The summed E-state index contributed by atoms with van der Waals surface area (Å²) in [5, 5.41) is 7.28. The Hall–Kier alpha value is -2.90. The summed E-state index contributed by atoms with van der Waals surface area (Å²) in [5.74, 6) is 2.11. The van der Waals surface area contributed by atoms with E-state index in [-0.39, 0.29) is 17.8 Å². The van der Waals surface area contributed by atoms with Crippen molar-refractivity contribution >= 4 is 11.9 Å². The molecule has 0 spiro atoms. The number of benzene rings is 1. The quantitative estimate of drug-likeness (QED) is 0.424. The van der Waals surface area contributed by atoms with Crippen LogP contribution in [0, 0.1) is 11.8 Å². The van der Waals surface area contributed by atoms with Gasteiger partial charge in [0.05, 0.1) is 13.0 Å². The highest BCUT2D eigenvalue weighted by molar-refractivity contribution is 5.82. The van der Waals surface area contributed by atoms with Gasteiger partial charge >= 0.3 is 5.97 Å². The fourth-order valence-corrected chi connectivity index (χ4v) is 3.64. The molecule has 1 aromatic heterocycles. The third kappa shape index (κ3) is 5.17. The Labute approximate surface area is 177 Å². The molecule has 2 heterocycles. The summed E-state index contributed by atoms with van der Waals surface area (Å²) < 4.78 is 10.2. The van der Waals surface area contributed by atoms with Crippen LogP contribution in [0.1, 0.15) is 32.2 Å². The van der Waals surface area contributed by atoms with Gasteiger partial charge < -0.3 is 19.5 Å². The molecule has 0 radical (unpaired) electrons. The Kier molecular flexibility index (Phi) is 7.43. The first-order valence-corrected chi connectivity index (χ1v) is 10.6. The Morgan fingerprint density at radius 2 is 2.07 bits per heavy atom. The monoisotopic (exact) mass is 413 g/mol. The number of aryl methyl sites for hydroxylation is 1. The SMILES string of the molecule is CCNC(=NCCc1ccc(-c2nc(CC)no2)cc1)N1CC(C)C(C(=O)OC)C1. The summed E-state index contributed by atoms with van der Waals surface area (Å²) in [7, 11) is 1.45. The number of carbonyl (C=O) groups excluding carboxylic acids is 1. The molecule has 1 aliphatic heterocycles. The van der Waals surface area contributed by atoms with E-state index < -0.39 is 0 Å². The number of nitrogens with one attached hydrogen (secondary N) is 1. The molecule has 1 aromatic carbocycles. The van der Waals surface area contributed by atoms with Crippen LogP contribution in [0.3, 0.4) is 0 Å². The number of likely N-dealkylation sites (tertiary alicyclic amines) is 1. The molecule has 162 valence electrons. The van der Waals surface area contributed by atoms with Crippen molar-refractivity contribution in [2.45, 2.75) is 33.6 Å². The summed E-state index contributed by atoms with van der Waals surface area (Å²) in [6, 6.07) is 8.14. The lowest BCUT2D eigenvalue weighted by molar-refractivity contribution is -0.145. The largest absolute Gasteiger partial charge is 0.469 e. The molecule has 1 fully saturated rings. The summed E-state index contributed by atoms with van der Waals surface area (Å²) in [6.07, 6.45) is 1.58. The maximum absolute atomic E-state index is 12.0. The van der Waals surface area contributed by atoms with E-state index in [0.717, 1.165) is 37.5 Å². The summed E-state index contributed by atoms with van der Waals surface area (Å²) in [6.45, 7) is 9.01. The van der Waals surface area contributed by atoms with Gasteiger partial charge in [-0.3, -0.25) is 9.79 Å². The maximum atomic E-state index is 12.0. The van der Waals surface area contributed by atoms with Crippen molar-refractivity contribution in [2.75, 3.05) is 33.3 Å². The number of aromatic nitrogens is 2. The van der Waals surface area contributed by atoms with E-state index in [4.69, 9.17) is 14.3 Å². The second-order valence-electron chi connectivity index (χ2n) is 7.56. The van der Waals surface area contributed by atoms with Gasteiger partial charge in [0.2, 0.25) is 0 Å². The normalized spacial score (nSPS) is 19.2. The van der Waals surface area contributed by atoms with Gasteiger partial charge in [0.25, 0.3) is 5.89 Å². The molecule has 0 aliphatic carbocycles. The molecule has 0 amide bonds. The van der Waals surface area contributed by atoms with Crippen molar-refractivity contribution < 1.29 is 14.1 Å². The number of guanidine groups is 1. The van der Waals surface area contributed by atoms with Gasteiger partial charge in [-0.2, -0.15) is 4.98 Å². The molecule has 3 rings (SSSR count). The highest BCUT2D eigenvalue weighted by Crippen LogP contribution is 2.24. The van der Waals surface area contributed by atoms with E-state index in [1.54, 1.807) is 0 Å². The fourth-order valence-electron chi connectivity index (χ4n) is 3.64. The topological polar surface area (TPSA) is 92.9 Å². The molecule has 2 unspecified atom stereocenters. The van der Waals surface area contributed by atoms with Crippen LogP contribution in [0.2, 0.25) is 0 Å². The average Bonchev–Trinajstić information content (AvgIpc) is 3.40. The lowest BCUT2D eigenvalue weighted by atomic mass is 9.99. The number of aliphatic imine (C=N–C) groups is 1. The predicted molar refractivity (Wildman–Crippen MR) is 115 cm³/mol. The number of methoxy groups -OCH3 is 1. The van der Waals surface area contributed by atoms with Gasteiger partial charge in [-0.05, 0) is 37.0 Å². The zero-order valence-electron chi connectivity index (χ0n) is 18.2. The van der Waals surface area contributed by atoms with Gasteiger partial charge in [0.15, 0.2) is 11.8 Å². The molecule has 2 aromatic rings. The van der Waals surface area contributed by atoms with Crippen LogP contribution in [0.25, 0.3) is 11.5 Å². The average molecular weight is 414 g/mol. The first-order valence-electron chi connectivity index (χ1n) is 10.6. The fraction of sp³-hybridized carbons (Fsp3) is 0.545. The lowest BCUT2D eigenvalue weighted by Crippen LogP contribution is -2.40. The van der Waals surface area contributed by atoms with Crippen LogP contribution in [0.15, 0.2) is 33.8 Å². The van der Waals surface area contributed by atoms with E-state index in [1.165, 1.54) is 12.7 Å². The van der Waals surface area contributed by atoms with Crippen molar-refractivity contribution in [3.63, 3.8) is 0 Å². The van der Waals surface area contributed by atoms with Crippen LogP contribution in [-0.2, 0) is 22.4 Å². The lowest BCUT2D eigenvalue weighted by Gasteiger charge is -2.21. The van der Waals surface area contributed by atoms with Gasteiger partial charge in [0, 0.05) is 38.2 Å². The van der Waals surface area contributed by atoms with Crippen molar-refractivity contribution in [2.24, 2.45) is 16.8 Å². The Balaban J connectivity index is 1.60. The van der Waals surface area contributed by atoms with Gasteiger partial charge in [-0.15, -0.1) is 0 Å². The van der Waals surface area contributed by atoms with E-state index in [0.29, 0.717) is 24.8 Å². The van der Waals surface area contributed by atoms with E-state index in [2.05, 4.69) is 39.4 Å². The molecular weight excluding hydrogens is 382 g/mol. The number of nitrogens with zero attached hydrogens (tertiary/aromatic N) is 4. The number of esters is 1. The molecule has 0 bridgehead atoms. The summed E-state index contributed by atoms with van der Waals surface area (Å²) in [4.78, 5) is 23.3. The Morgan fingerprint density at radius 3 is 2.70 bits per heavy atom. The molecule has 2 atom stereocenters. The molecule has 8 heteroatoms. The minimum absolute atomic E-state index is 0.107. The van der Waals surface area contributed by atoms with Crippen molar-refractivity contribution in [1.29, 1.82) is 0 Å². The summed E-state index contributed by atoms with van der Waals surface area (Å²) >= 11 is 0. The van der Waals surface area contributed by atoms with E-state index in [9.17, 15) is 4.79 Å². The number of hydrogen-bond acceptors (Lipinski definition) is 6. The van der Waals surface area contributed by atoms with Crippen LogP contribution < -0.4 is 5.32 Å². The molecular formula is C22H31N5O3. The molecule has 0 saturated carbocycles. The minimum Gasteiger partial charge on any atom is -0.469 e. The van der Waals surface area contributed by atoms with Crippen LogP contribution in [-0.4, -0.2) is 60.3 Å². The highest BCUT2D eigenvalue weighted by atomic mass is 16.5. The Bertz CT molecular complexity index is 862. The van der Waals surface area contributed by atoms with E-state index in [1.807, 2.05) is 26.0 Å². The van der Waals surface area contributed by atoms with Gasteiger partial charge in [-0.1, -0.05) is 31.1 Å². The van der Waals surface area contributed by atoms with Crippen LogP contribution in [0.5, 0.6) is 0 Å². The highest BCUT2D eigenvalue weighted by Gasteiger charge is 2.36. The third-order valence-electron chi connectivity index (χ3n) is 5.40. The molecule has 8 nitrogen and oxygen atoms in total. The van der Waals surface area contributed by atoms with Gasteiger partial charge in [-0.25, -0.2) is 0 Å². The van der Waals surface area contributed by atoms with Gasteiger partial charge in [0.1, 0.15) is 0 Å². The van der Waals surface area contributed by atoms with E-state index >= 15 is 0 Å². The van der Waals surface area contributed by atoms with Crippen molar-refractivity contribution in [1.82, 2.24) is 20.4 Å². The Morgan fingerprint density at radius 1 is 1.30 bits per heavy atom. The zero-order valence-corrected chi connectivity index (χ0v) is 18.2. The maximum Gasteiger partial charge on any atom is 0.310 e. The summed E-state index contributed by atoms with van der Waals surface area (Å²) in [5.41, 5.74) is 2.11. The molecule has 1 aliphatic rings. The molecule has 1 saturated heterocycles. The van der Waals surface area contributed by atoms with Crippen molar-refractivity contribution in [3.05, 3.63) is 35.7 Å². The molecule has 1 N–H and O–H groups in total. The van der Waals surface area contributed by atoms with Crippen molar-refractivity contribution in [3.8, 4) is 11.5 Å². The van der Waals surface area contributed by atoms with Crippen LogP contribution in [0.4, 0.5) is 0 Å². The first-order chi connectivity index (χ1) is 14.5. The smallest absolute Gasteiger partial charge is 0.310 e. The number of carbonyl (C=O) groups is 1. The minimum atomic E-state index is -0.145. The second-order valence-corrected chi connectivity index (χ2v) is 7.56. The first kappa shape index (κ1) is 21.8. The predicted octanol–water partition coefficient (Wildman–Crippen LogP) is 2.55. The second kappa shape index (κ2) is 10.2. The zero-order chi connectivity index (χ0) is 21.5.